The van der Waals surface area contributed by atoms with E-state index < -0.39 is 0 Å². The molecule has 10 aromatic rings. The number of thiophene rings is 1. The molecule has 0 aliphatic rings. The highest BCUT2D eigenvalue weighted by Gasteiger charge is 2.17. The maximum Gasteiger partial charge on any atom is 0.124 e. The summed E-state index contributed by atoms with van der Waals surface area (Å²) in [5.74, 6) is 0. The number of hydrogen-bond acceptors (Lipinski definition) is 3. The van der Waals surface area contributed by atoms with E-state index >= 15 is 0 Å². The Hall–Kier alpha value is -6.29. The second kappa shape index (κ2) is 11.7. The normalized spacial score (nSPS) is 11.6. The van der Waals surface area contributed by atoms with Gasteiger partial charge in [-0.25, -0.2) is 4.98 Å². The molecule has 0 atom stereocenters. The van der Waals surface area contributed by atoms with Crippen LogP contribution in [-0.4, -0.2) is 4.98 Å². The van der Waals surface area contributed by atoms with E-state index in [1.807, 2.05) is 12.3 Å². The van der Waals surface area contributed by atoms with Gasteiger partial charge in [-0.05, 0) is 109 Å². The first-order valence-corrected chi connectivity index (χ1v) is 17.8. The highest BCUT2D eigenvalue weighted by atomic mass is 32.1. The molecule has 2 nitrogen and oxygen atoms in total. The maximum absolute atomic E-state index is 4.65. The van der Waals surface area contributed by atoms with E-state index in [0.29, 0.717) is 0 Å². The van der Waals surface area contributed by atoms with Crippen molar-refractivity contribution in [2.24, 2.45) is 0 Å². The van der Waals surface area contributed by atoms with Gasteiger partial charge in [0, 0.05) is 38.7 Å². The Kier molecular flexibility index (Phi) is 6.71. The van der Waals surface area contributed by atoms with Gasteiger partial charge in [0.2, 0.25) is 0 Å². The Bertz CT molecular complexity index is 2850. The van der Waals surface area contributed by atoms with Crippen molar-refractivity contribution < 1.29 is 0 Å². The zero-order chi connectivity index (χ0) is 33.0. The molecule has 0 saturated heterocycles. The highest BCUT2D eigenvalue weighted by molar-refractivity contribution is 7.25. The minimum atomic E-state index is 1.07. The van der Waals surface area contributed by atoms with Crippen LogP contribution in [0.2, 0.25) is 0 Å². The molecule has 0 aliphatic carbocycles. The molecule has 2 aromatic heterocycles. The molecule has 0 bridgehead atoms. The van der Waals surface area contributed by atoms with Crippen LogP contribution >= 0.6 is 11.3 Å². The van der Waals surface area contributed by atoms with Crippen molar-refractivity contribution in [1.29, 1.82) is 0 Å². The molecule has 0 aliphatic heterocycles. The van der Waals surface area contributed by atoms with Gasteiger partial charge in [0.25, 0.3) is 0 Å². The first-order chi connectivity index (χ1) is 24.8. The molecule has 50 heavy (non-hydrogen) atoms. The lowest BCUT2D eigenvalue weighted by Crippen LogP contribution is -2.09. The summed E-state index contributed by atoms with van der Waals surface area (Å²) in [7, 11) is 0. The van der Waals surface area contributed by atoms with Crippen LogP contribution in [0.25, 0.3) is 74.9 Å². The first-order valence-electron chi connectivity index (χ1n) is 17.0. The molecular formula is C47H30N2S. The van der Waals surface area contributed by atoms with E-state index in [-0.39, 0.29) is 0 Å². The van der Waals surface area contributed by atoms with Crippen LogP contribution in [0.5, 0.6) is 0 Å². The summed E-state index contributed by atoms with van der Waals surface area (Å²) in [4.78, 5) is 8.08. The van der Waals surface area contributed by atoms with Crippen molar-refractivity contribution in [3.8, 4) is 22.3 Å². The van der Waals surface area contributed by atoms with Crippen molar-refractivity contribution in [3.63, 3.8) is 0 Å². The topological polar surface area (TPSA) is 16.1 Å². The average Bonchev–Trinajstić information content (AvgIpc) is 3.56. The third-order valence-electron chi connectivity index (χ3n) is 9.91. The molecular weight excluding hydrogens is 625 g/mol. The largest absolute Gasteiger partial charge is 0.310 e. The Morgan fingerprint density at radius 2 is 1.02 bits per heavy atom. The van der Waals surface area contributed by atoms with Crippen LogP contribution in [0.3, 0.4) is 0 Å². The van der Waals surface area contributed by atoms with E-state index in [2.05, 4.69) is 180 Å². The number of aromatic nitrogens is 1. The van der Waals surface area contributed by atoms with Crippen molar-refractivity contribution in [1.82, 2.24) is 4.98 Å². The number of anilines is 3. The quantitative estimate of drug-likeness (QED) is 0.172. The second-order valence-electron chi connectivity index (χ2n) is 12.8. The molecule has 0 spiro atoms. The molecule has 2 heterocycles. The maximum atomic E-state index is 4.65. The lowest BCUT2D eigenvalue weighted by molar-refractivity contribution is 1.29. The van der Waals surface area contributed by atoms with Crippen LogP contribution in [0.4, 0.5) is 17.1 Å². The Labute approximate surface area is 294 Å². The number of rotatable bonds is 5. The number of benzene rings is 8. The molecule has 0 unspecified atom stereocenters. The van der Waals surface area contributed by atoms with Crippen LogP contribution in [0.15, 0.2) is 182 Å². The lowest BCUT2D eigenvalue weighted by atomic mass is 9.90. The van der Waals surface area contributed by atoms with Gasteiger partial charge < -0.3 is 4.90 Å². The average molecular weight is 655 g/mol. The van der Waals surface area contributed by atoms with Gasteiger partial charge in [-0.3, -0.25) is 0 Å². The summed E-state index contributed by atoms with van der Waals surface area (Å²) in [6, 6.07) is 63.9. The molecule has 0 radical (unpaired) electrons. The standard InChI is InChI=1S/C47H30N2S/c1-2-9-31(10-3-1)32-16-21-36(22-17-32)49(38-25-27-41-43-15-8-28-48-47(43)50-45(41)30-38)37-23-18-34(19-24-37)44-29-35-12-5-6-13-39(35)42-26-20-33-11-4-7-14-40(33)46(42)44/h1-30H. The number of pyridine rings is 1. The zero-order valence-corrected chi connectivity index (χ0v) is 27.9. The monoisotopic (exact) mass is 654 g/mol. The van der Waals surface area contributed by atoms with Gasteiger partial charge in [-0.2, -0.15) is 0 Å². The smallest absolute Gasteiger partial charge is 0.124 e. The second-order valence-corrected chi connectivity index (χ2v) is 13.8. The molecule has 234 valence electrons. The summed E-state index contributed by atoms with van der Waals surface area (Å²) >= 11 is 1.75. The van der Waals surface area contributed by atoms with Crippen LogP contribution < -0.4 is 4.90 Å². The Balaban J connectivity index is 1.13. The molecule has 0 amide bonds. The molecule has 0 N–H and O–H groups in total. The van der Waals surface area contributed by atoms with E-state index in [1.165, 1.54) is 70.0 Å². The van der Waals surface area contributed by atoms with Gasteiger partial charge in [0.1, 0.15) is 4.83 Å². The van der Waals surface area contributed by atoms with Crippen molar-refractivity contribution >= 4 is 81.0 Å². The molecule has 0 saturated carbocycles. The minimum Gasteiger partial charge on any atom is -0.310 e. The summed E-state index contributed by atoms with van der Waals surface area (Å²) in [6.45, 7) is 0. The third kappa shape index (κ3) is 4.74. The molecule has 8 aromatic carbocycles. The van der Waals surface area contributed by atoms with Crippen LogP contribution in [0.1, 0.15) is 0 Å². The lowest BCUT2D eigenvalue weighted by Gasteiger charge is -2.26. The molecule has 3 heteroatoms. The van der Waals surface area contributed by atoms with Crippen LogP contribution in [-0.2, 0) is 0 Å². The van der Waals surface area contributed by atoms with Gasteiger partial charge in [-0.15, -0.1) is 11.3 Å². The number of fused-ring (bicyclic) bond motifs is 8. The van der Waals surface area contributed by atoms with E-state index in [9.17, 15) is 0 Å². The first kappa shape index (κ1) is 28.7. The SMILES string of the molecule is c1ccc(-c2ccc(N(c3ccc(-c4cc5ccccc5c5ccc6ccccc6c45)cc3)c3ccc4c(c3)sc3ncccc34)cc2)cc1. The van der Waals surface area contributed by atoms with Crippen molar-refractivity contribution in [2.45, 2.75) is 0 Å². The van der Waals surface area contributed by atoms with Gasteiger partial charge in [0.15, 0.2) is 0 Å². The fraction of sp³-hybridized carbons (Fsp3) is 0. The van der Waals surface area contributed by atoms with E-state index in [0.717, 1.165) is 21.9 Å². The predicted molar refractivity (Wildman–Crippen MR) is 215 cm³/mol. The Morgan fingerprint density at radius 3 is 1.82 bits per heavy atom. The van der Waals surface area contributed by atoms with E-state index in [4.69, 9.17) is 0 Å². The highest BCUT2D eigenvalue weighted by Crippen LogP contribution is 2.43. The predicted octanol–water partition coefficient (Wildman–Crippen LogP) is 13.7. The number of hydrogen-bond donors (Lipinski definition) is 0. The van der Waals surface area contributed by atoms with Gasteiger partial charge in [-0.1, -0.05) is 121 Å². The fourth-order valence-electron chi connectivity index (χ4n) is 7.52. The third-order valence-corrected chi connectivity index (χ3v) is 11.0. The minimum absolute atomic E-state index is 1.07. The summed E-state index contributed by atoms with van der Waals surface area (Å²) < 4.78 is 1.23. The van der Waals surface area contributed by atoms with Crippen LogP contribution in [0, 0.1) is 0 Å². The zero-order valence-electron chi connectivity index (χ0n) is 27.1. The molecule has 0 fully saturated rings. The summed E-state index contributed by atoms with van der Waals surface area (Å²) in [6.07, 6.45) is 1.88. The van der Waals surface area contributed by atoms with Crippen molar-refractivity contribution in [3.05, 3.63) is 182 Å². The number of nitrogens with zero attached hydrogens (tertiary/aromatic N) is 2. The molecule has 10 rings (SSSR count). The van der Waals surface area contributed by atoms with Gasteiger partial charge >= 0.3 is 0 Å². The summed E-state index contributed by atoms with van der Waals surface area (Å²) in [5, 5.41) is 10.1. The Morgan fingerprint density at radius 1 is 0.400 bits per heavy atom. The fourth-order valence-corrected chi connectivity index (χ4v) is 8.60. The van der Waals surface area contributed by atoms with Crippen molar-refractivity contribution in [2.75, 3.05) is 4.90 Å². The summed E-state index contributed by atoms with van der Waals surface area (Å²) in [5.41, 5.74) is 8.20. The van der Waals surface area contributed by atoms with Gasteiger partial charge in [0.05, 0.1) is 0 Å². The van der Waals surface area contributed by atoms with E-state index in [1.54, 1.807) is 11.3 Å².